The molecule has 0 N–H and O–H groups in total. The van der Waals surface area contributed by atoms with Crippen LogP contribution in [-0.2, 0) is 9.53 Å². The smallest absolute Gasteiger partial charge is 0.397 e. The standard InChI is InChI=1S/C14H21F5O2/c1-5-12(3,4)11(20)21-10-7-8(2)6-9(13(10,15)16)14(17,18)19/h8-10H,5-7H2,1-4H3. The summed E-state index contributed by atoms with van der Waals surface area (Å²) in [4.78, 5) is 11.9. The largest absolute Gasteiger partial charge is 0.456 e. The normalized spacial score (nSPS) is 30.0. The molecule has 1 aliphatic carbocycles. The molecule has 21 heavy (non-hydrogen) atoms. The van der Waals surface area contributed by atoms with Crippen molar-refractivity contribution in [2.24, 2.45) is 17.3 Å². The number of hydrogen-bond donors (Lipinski definition) is 0. The second-order valence-corrected chi connectivity index (χ2v) is 6.48. The van der Waals surface area contributed by atoms with E-state index in [4.69, 9.17) is 4.74 Å². The Morgan fingerprint density at radius 2 is 1.76 bits per heavy atom. The Morgan fingerprint density at radius 1 is 1.24 bits per heavy atom. The monoisotopic (exact) mass is 316 g/mol. The van der Waals surface area contributed by atoms with Crippen molar-refractivity contribution in [3.63, 3.8) is 0 Å². The molecule has 0 spiro atoms. The molecular weight excluding hydrogens is 295 g/mol. The summed E-state index contributed by atoms with van der Waals surface area (Å²) in [7, 11) is 0. The van der Waals surface area contributed by atoms with Gasteiger partial charge in [-0.25, -0.2) is 8.78 Å². The Hall–Kier alpha value is -0.880. The van der Waals surface area contributed by atoms with Gasteiger partial charge in [0.15, 0.2) is 6.10 Å². The number of alkyl halides is 5. The maximum atomic E-state index is 14.1. The van der Waals surface area contributed by atoms with E-state index in [0.29, 0.717) is 6.42 Å². The van der Waals surface area contributed by atoms with Crippen LogP contribution in [0, 0.1) is 17.3 Å². The maximum Gasteiger partial charge on any atom is 0.397 e. The number of carbonyl (C=O) groups excluding carboxylic acids is 1. The molecule has 2 nitrogen and oxygen atoms in total. The summed E-state index contributed by atoms with van der Waals surface area (Å²) in [5.41, 5.74) is -0.996. The lowest BCUT2D eigenvalue weighted by Gasteiger charge is -2.41. The second-order valence-electron chi connectivity index (χ2n) is 6.48. The molecule has 1 fully saturated rings. The van der Waals surface area contributed by atoms with Crippen LogP contribution in [-0.4, -0.2) is 24.2 Å². The van der Waals surface area contributed by atoms with Gasteiger partial charge < -0.3 is 4.74 Å². The summed E-state index contributed by atoms with van der Waals surface area (Å²) in [6.07, 6.45) is -7.59. The van der Waals surface area contributed by atoms with Crippen LogP contribution in [0.5, 0.6) is 0 Å². The van der Waals surface area contributed by atoms with Crippen molar-refractivity contribution in [1.29, 1.82) is 0 Å². The lowest BCUT2D eigenvalue weighted by Crippen LogP contribution is -2.54. The number of rotatable bonds is 3. The fraction of sp³-hybridized carbons (Fsp3) is 0.929. The molecule has 0 bridgehead atoms. The first kappa shape index (κ1) is 18.2. The highest BCUT2D eigenvalue weighted by molar-refractivity contribution is 5.76. The van der Waals surface area contributed by atoms with E-state index >= 15 is 0 Å². The molecule has 0 aromatic rings. The van der Waals surface area contributed by atoms with Crippen molar-refractivity contribution < 1.29 is 31.5 Å². The maximum absolute atomic E-state index is 14.1. The fourth-order valence-corrected chi connectivity index (χ4v) is 2.31. The molecule has 0 saturated heterocycles. The summed E-state index contributed by atoms with van der Waals surface area (Å²) in [5.74, 6) is -8.33. The molecule has 124 valence electrons. The van der Waals surface area contributed by atoms with Crippen LogP contribution in [0.15, 0.2) is 0 Å². The van der Waals surface area contributed by atoms with Gasteiger partial charge in [-0.1, -0.05) is 13.8 Å². The number of ether oxygens (including phenoxy) is 1. The van der Waals surface area contributed by atoms with Crippen LogP contribution in [0.25, 0.3) is 0 Å². The van der Waals surface area contributed by atoms with Gasteiger partial charge in [-0.3, -0.25) is 4.79 Å². The molecule has 1 saturated carbocycles. The first-order valence-corrected chi connectivity index (χ1v) is 6.98. The minimum absolute atomic E-state index is 0.259. The highest BCUT2D eigenvalue weighted by Gasteiger charge is 2.63. The molecule has 1 aliphatic rings. The summed E-state index contributed by atoms with van der Waals surface area (Å²) in [6, 6.07) is 0. The van der Waals surface area contributed by atoms with Crippen LogP contribution in [0.4, 0.5) is 22.0 Å². The fourth-order valence-electron chi connectivity index (χ4n) is 2.31. The van der Waals surface area contributed by atoms with E-state index in [9.17, 15) is 26.7 Å². The quantitative estimate of drug-likeness (QED) is 0.563. The number of esters is 1. The summed E-state index contributed by atoms with van der Waals surface area (Å²) >= 11 is 0. The minimum Gasteiger partial charge on any atom is -0.456 e. The third kappa shape index (κ3) is 3.86. The van der Waals surface area contributed by atoms with E-state index < -0.39 is 47.8 Å². The van der Waals surface area contributed by atoms with Crippen LogP contribution >= 0.6 is 0 Å². The molecule has 0 aromatic heterocycles. The zero-order valence-electron chi connectivity index (χ0n) is 12.6. The lowest BCUT2D eigenvalue weighted by molar-refractivity contribution is -0.287. The van der Waals surface area contributed by atoms with Gasteiger partial charge in [0.05, 0.1) is 5.41 Å². The van der Waals surface area contributed by atoms with Gasteiger partial charge in [0, 0.05) is 0 Å². The Kier molecular flexibility index (Phi) is 4.95. The van der Waals surface area contributed by atoms with Crippen molar-refractivity contribution >= 4 is 5.97 Å². The molecule has 3 atom stereocenters. The molecule has 0 heterocycles. The lowest BCUT2D eigenvalue weighted by atomic mass is 9.77. The highest BCUT2D eigenvalue weighted by atomic mass is 19.4. The minimum atomic E-state index is -5.01. The molecule has 0 aromatic carbocycles. The molecule has 0 amide bonds. The third-order valence-electron chi connectivity index (χ3n) is 4.23. The van der Waals surface area contributed by atoms with Gasteiger partial charge in [0.25, 0.3) is 5.92 Å². The number of hydrogen-bond acceptors (Lipinski definition) is 2. The van der Waals surface area contributed by atoms with Crippen molar-refractivity contribution in [1.82, 2.24) is 0 Å². The summed E-state index contributed by atoms with van der Waals surface area (Å²) < 4.78 is 71.3. The average molecular weight is 316 g/mol. The van der Waals surface area contributed by atoms with Gasteiger partial charge in [0.2, 0.25) is 0 Å². The molecule has 3 unspecified atom stereocenters. The average Bonchev–Trinajstić information content (AvgIpc) is 2.32. The van der Waals surface area contributed by atoms with Crippen LogP contribution in [0.3, 0.4) is 0 Å². The van der Waals surface area contributed by atoms with Crippen molar-refractivity contribution in [2.75, 3.05) is 0 Å². The molecule has 0 aliphatic heterocycles. The van der Waals surface area contributed by atoms with Gasteiger partial charge in [-0.2, -0.15) is 13.2 Å². The number of halogens is 5. The van der Waals surface area contributed by atoms with Crippen LogP contribution in [0.2, 0.25) is 0 Å². The third-order valence-corrected chi connectivity index (χ3v) is 4.23. The SMILES string of the molecule is CCC(C)(C)C(=O)OC1CC(C)CC(C(F)(F)F)C1(F)F. The van der Waals surface area contributed by atoms with Gasteiger partial charge in [-0.15, -0.1) is 0 Å². The zero-order chi connectivity index (χ0) is 16.6. The van der Waals surface area contributed by atoms with Crippen molar-refractivity contribution in [3.8, 4) is 0 Å². The van der Waals surface area contributed by atoms with E-state index in [1.54, 1.807) is 6.92 Å². The first-order chi connectivity index (χ1) is 9.32. The Labute approximate surface area is 121 Å². The Balaban J connectivity index is 2.98. The van der Waals surface area contributed by atoms with E-state index in [-0.39, 0.29) is 6.42 Å². The van der Waals surface area contributed by atoms with Crippen molar-refractivity contribution in [3.05, 3.63) is 0 Å². The Bertz CT molecular complexity index is 389. The van der Waals surface area contributed by atoms with Gasteiger partial charge >= 0.3 is 12.1 Å². The topological polar surface area (TPSA) is 26.3 Å². The highest BCUT2D eigenvalue weighted by Crippen LogP contribution is 2.50. The van der Waals surface area contributed by atoms with E-state index in [2.05, 4.69) is 0 Å². The van der Waals surface area contributed by atoms with Crippen LogP contribution in [0.1, 0.15) is 47.0 Å². The van der Waals surface area contributed by atoms with E-state index in [0.717, 1.165) is 0 Å². The number of carbonyl (C=O) groups is 1. The predicted molar refractivity (Wildman–Crippen MR) is 66.8 cm³/mol. The zero-order valence-corrected chi connectivity index (χ0v) is 12.6. The van der Waals surface area contributed by atoms with Gasteiger partial charge in [0.1, 0.15) is 5.92 Å². The predicted octanol–water partition coefficient (Wildman–Crippen LogP) is 4.58. The van der Waals surface area contributed by atoms with Crippen molar-refractivity contribution in [2.45, 2.75) is 65.2 Å². The first-order valence-electron chi connectivity index (χ1n) is 6.98. The van der Waals surface area contributed by atoms with Gasteiger partial charge in [-0.05, 0) is 39.0 Å². The molecular formula is C14H21F5O2. The van der Waals surface area contributed by atoms with E-state index in [1.807, 2.05) is 0 Å². The Morgan fingerprint density at radius 3 is 2.19 bits per heavy atom. The molecule has 7 heteroatoms. The molecule has 1 rings (SSSR count). The molecule has 0 radical (unpaired) electrons. The second kappa shape index (κ2) is 5.72. The van der Waals surface area contributed by atoms with Crippen LogP contribution < -0.4 is 0 Å². The van der Waals surface area contributed by atoms with E-state index in [1.165, 1.54) is 20.8 Å². The summed E-state index contributed by atoms with van der Waals surface area (Å²) in [5, 5.41) is 0. The summed E-state index contributed by atoms with van der Waals surface area (Å²) in [6.45, 7) is 6.17.